The first-order chi connectivity index (χ1) is 8.49. The number of nitro groups is 1. The van der Waals surface area contributed by atoms with Crippen molar-refractivity contribution in [2.24, 2.45) is 0 Å². The minimum Gasteiger partial charge on any atom is -0.372 e. The zero-order valence-electron chi connectivity index (χ0n) is 10.3. The van der Waals surface area contributed by atoms with Crippen LogP contribution < -0.4 is 5.32 Å². The predicted octanol–water partition coefficient (Wildman–Crippen LogP) is 2.67. The molecule has 1 aromatic rings. The predicted molar refractivity (Wildman–Crippen MR) is 69.0 cm³/mol. The summed E-state index contributed by atoms with van der Waals surface area (Å²) in [6.07, 6.45) is -0.500. The fraction of sp³-hybridized carbons (Fsp3) is 0.455. The maximum absolute atomic E-state index is 10.9. The zero-order chi connectivity index (χ0) is 13.7. The van der Waals surface area contributed by atoms with Gasteiger partial charge in [-0.2, -0.15) is 0 Å². The Morgan fingerprint density at radius 2 is 2.00 bits per heavy atom. The van der Waals surface area contributed by atoms with E-state index in [-0.39, 0.29) is 11.7 Å². The lowest BCUT2D eigenvalue weighted by atomic mass is 10.2. The molecule has 1 atom stereocenters. The minimum atomic E-state index is -0.500. The van der Waals surface area contributed by atoms with Crippen LogP contribution in [0.5, 0.6) is 0 Å². The Labute approximate surface area is 110 Å². The lowest BCUT2D eigenvalue weighted by Gasteiger charge is -2.22. The molecule has 18 heavy (non-hydrogen) atoms. The smallest absolute Gasteiger partial charge is 0.293 e. The van der Waals surface area contributed by atoms with Crippen LogP contribution in [0.1, 0.15) is 6.92 Å². The highest BCUT2D eigenvalue weighted by atomic mass is 35.5. The first-order valence-electron chi connectivity index (χ1n) is 5.25. The van der Waals surface area contributed by atoms with E-state index in [1.807, 2.05) is 0 Å². The van der Waals surface area contributed by atoms with Gasteiger partial charge in [-0.3, -0.25) is 10.1 Å². The number of hydrogen-bond donors (Lipinski definition) is 1. The Hall–Kier alpha value is -1.37. The third kappa shape index (κ3) is 3.56. The molecule has 0 saturated heterocycles. The molecule has 0 fully saturated rings. The molecule has 0 radical (unpaired) electrons. The Balaban J connectivity index is 2.93. The number of ether oxygens (including phenoxy) is 2. The van der Waals surface area contributed by atoms with Crippen LogP contribution in [-0.4, -0.2) is 31.5 Å². The molecular weight excluding hydrogens is 260 g/mol. The van der Waals surface area contributed by atoms with E-state index in [2.05, 4.69) is 5.32 Å². The fourth-order valence-electron chi connectivity index (χ4n) is 1.60. The molecule has 0 saturated carbocycles. The van der Waals surface area contributed by atoms with Crippen molar-refractivity contribution in [1.29, 1.82) is 0 Å². The summed E-state index contributed by atoms with van der Waals surface area (Å²) in [6, 6.07) is 4.18. The molecule has 0 heterocycles. The quantitative estimate of drug-likeness (QED) is 0.490. The van der Waals surface area contributed by atoms with E-state index >= 15 is 0 Å². The van der Waals surface area contributed by atoms with Crippen LogP contribution in [0.3, 0.4) is 0 Å². The number of methoxy groups -OCH3 is 2. The van der Waals surface area contributed by atoms with E-state index in [0.717, 1.165) is 0 Å². The van der Waals surface area contributed by atoms with Gasteiger partial charge in [-0.25, -0.2) is 0 Å². The highest BCUT2D eigenvalue weighted by Crippen LogP contribution is 2.28. The maximum atomic E-state index is 10.9. The summed E-state index contributed by atoms with van der Waals surface area (Å²) in [5, 5.41) is 14.2. The Bertz CT molecular complexity index is 424. The molecule has 1 aromatic carbocycles. The number of nitro benzene ring substituents is 1. The second-order valence-corrected chi connectivity index (χ2v) is 4.13. The van der Waals surface area contributed by atoms with Crippen molar-refractivity contribution < 1.29 is 14.4 Å². The van der Waals surface area contributed by atoms with Gasteiger partial charge in [0.05, 0.1) is 11.0 Å². The van der Waals surface area contributed by atoms with Crippen molar-refractivity contribution in [3.05, 3.63) is 33.3 Å². The van der Waals surface area contributed by atoms with Gasteiger partial charge in [0.15, 0.2) is 6.29 Å². The van der Waals surface area contributed by atoms with Crippen LogP contribution in [0.4, 0.5) is 11.4 Å². The van der Waals surface area contributed by atoms with Crippen LogP contribution in [0.25, 0.3) is 0 Å². The summed E-state index contributed by atoms with van der Waals surface area (Å²) in [5.41, 5.74) is 0.288. The molecule has 0 aliphatic carbocycles. The SMILES string of the molecule is COC(OC)C(C)Nc1ccc(Cl)cc1[N+](=O)[O-]. The highest BCUT2D eigenvalue weighted by molar-refractivity contribution is 6.30. The van der Waals surface area contributed by atoms with Gasteiger partial charge in [0, 0.05) is 25.3 Å². The van der Waals surface area contributed by atoms with Gasteiger partial charge in [-0.05, 0) is 19.1 Å². The van der Waals surface area contributed by atoms with Gasteiger partial charge in [-0.15, -0.1) is 0 Å². The number of rotatable bonds is 6. The number of halogens is 1. The van der Waals surface area contributed by atoms with Crippen LogP contribution in [0, 0.1) is 10.1 Å². The zero-order valence-corrected chi connectivity index (χ0v) is 11.1. The summed E-state index contributed by atoms with van der Waals surface area (Å²) < 4.78 is 10.2. The fourth-order valence-corrected chi connectivity index (χ4v) is 1.76. The molecule has 1 N–H and O–H groups in total. The lowest BCUT2D eigenvalue weighted by Crippen LogP contribution is -2.33. The van der Waals surface area contributed by atoms with Crippen molar-refractivity contribution in [2.75, 3.05) is 19.5 Å². The van der Waals surface area contributed by atoms with E-state index in [9.17, 15) is 10.1 Å². The molecule has 0 spiro atoms. The molecule has 0 aliphatic rings. The number of benzene rings is 1. The molecular formula is C11H15ClN2O4. The molecule has 100 valence electrons. The minimum absolute atomic E-state index is 0.0830. The maximum Gasteiger partial charge on any atom is 0.293 e. The van der Waals surface area contributed by atoms with Crippen molar-refractivity contribution in [3.8, 4) is 0 Å². The third-order valence-corrected chi connectivity index (χ3v) is 2.65. The van der Waals surface area contributed by atoms with Crippen molar-refractivity contribution >= 4 is 23.0 Å². The van der Waals surface area contributed by atoms with Gasteiger partial charge in [-0.1, -0.05) is 11.6 Å². The van der Waals surface area contributed by atoms with Crippen molar-refractivity contribution in [3.63, 3.8) is 0 Å². The van der Waals surface area contributed by atoms with E-state index in [1.54, 1.807) is 19.1 Å². The monoisotopic (exact) mass is 274 g/mol. The standard InChI is InChI=1S/C11H15ClN2O4/c1-7(11(17-2)18-3)13-9-5-4-8(12)6-10(9)14(15)16/h4-7,11,13H,1-3H3. The van der Waals surface area contributed by atoms with Crippen LogP contribution in [0.15, 0.2) is 18.2 Å². The van der Waals surface area contributed by atoms with Crippen LogP contribution >= 0.6 is 11.6 Å². The summed E-state index contributed by atoms with van der Waals surface area (Å²) in [7, 11) is 3.01. The summed E-state index contributed by atoms with van der Waals surface area (Å²) in [4.78, 5) is 10.4. The van der Waals surface area contributed by atoms with Crippen LogP contribution in [-0.2, 0) is 9.47 Å². The average Bonchev–Trinajstić information content (AvgIpc) is 2.32. The highest BCUT2D eigenvalue weighted by Gasteiger charge is 2.20. The Kier molecular flexibility index (Phi) is 5.33. The Morgan fingerprint density at radius 3 is 2.50 bits per heavy atom. The van der Waals surface area contributed by atoms with E-state index in [0.29, 0.717) is 10.7 Å². The molecule has 0 bridgehead atoms. The number of anilines is 1. The molecule has 0 amide bonds. The molecule has 0 aliphatic heterocycles. The number of hydrogen-bond acceptors (Lipinski definition) is 5. The van der Waals surface area contributed by atoms with Gasteiger partial charge < -0.3 is 14.8 Å². The number of nitrogens with one attached hydrogen (secondary N) is 1. The molecule has 1 unspecified atom stereocenters. The van der Waals surface area contributed by atoms with Gasteiger partial charge >= 0.3 is 0 Å². The van der Waals surface area contributed by atoms with Gasteiger partial charge in [0.2, 0.25) is 0 Å². The van der Waals surface area contributed by atoms with E-state index < -0.39 is 11.2 Å². The summed E-state index contributed by atoms with van der Waals surface area (Å²) in [5.74, 6) is 0. The van der Waals surface area contributed by atoms with Crippen molar-refractivity contribution in [1.82, 2.24) is 0 Å². The summed E-state index contributed by atoms with van der Waals surface area (Å²) in [6.45, 7) is 1.80. The topological polar surface area (TPSA) is 73.6 Å². The second-order valence-electron chi connectivity index (χ2n) is 3.69. The molecule has 6 nitrogen and oxygen atoms in total. The van der Waals surface area contributed by atoms with E-state index in [1.165, 1.54) is 20.3 Å². The molecule has 7 heteroatoms. The Morgan fingerprint density at radius 1 is 1.39 bits per heavy atom. The largest absolute Gasteiger partial charge is 0.372 e. The van der Waals surface area contributed by atoms with E-state index in [4.69, 9.17) is 21.1 Å². The van der Waals surface area contributed by atoms with Gasteiger partial charge in [0.25, 0.3) is 5.69 Å². The lowest BCUT2D eigenvalue weighted by molar-refractivity contribution is -0.384. The average molecular weight is 275 g/mol. The van der Waals surface area contributed by atoms with Gasteiger partial charge in [0.1, 0.15) is 5.69 Å². The summed E-state index contributed by atoms with van der Waals surface area (Å²) >= 11 is 5.73. The molecule has 1 rings (SSSR count). The van der Waals surface area contributed by atoms with Crippen LogP contribution in [0.2, 0.25) is 5.02 Å². The van der Waals surface area contributed by atoms with Crippen molar-refractivity contribution in [2.45, 2.75) is 19.3 Å². The second kappa shape index (κ2) is 6.53. The number of nitrogens with zero attached hydrogens (tertiary/aromatic N) is 1. The normalized spacial score (nSPS) is 12.5. The first-order valence-corrected chi connectivity index (χ1v) is 5.63. The molecule has 0 aromatic heterocycles. The first kappa shape index (κ1) is 14.7. The third-order valence-electron chi connectivity index (χ3n) is 2.41.